The van der Waals surface area contributed by atoms with Gasteiger partial charge in [-0.25, -0.2) is 8.42 Å². The van der Waals surface area contributed by atoms with E-state index in [0.29, 0.717) is 18.7 Å². The Hall–Kier alpha value is -1.86. The van der Waals surface area contributed by atoms with Gasteiger partial charge in [0.2, 0.25) is 5.91 Å². The van der Waals surface area contributed by atoms with Crippen LogP contribution in [0.15, 0.2) is 39.7 Å². The molecule has 0 saturated carbocycles. The Balaban J connectivity index is 1.93. The third-order valence-corrected chi connectivity index (χ3v) is 6.96. The van der Waals surface area contributed by atoms with Crippen molar-refractivity contribution in [1.29, 1.82) is 0 Å². The summed E-state index contributed by atoms with van der Waals surface area (Å²) < 4.78 is 29.1. The quantitative estimate of drug-likeness (QED) is 0.817. The minimum Gasteiger partial charge on any atom is -0.312 e. The molecule has 0 bridgehead atoms. The molecule has 0 spiro atoms. The lowest BCUT2D eigenvalue weighted by Gasteiger charge is -2.15. The molecule has 3 rings (SSSR count). The lowest BCUT2D eigenvalue weighted by molar-refractivity contribution is -0.116. The van der Waals surface area contributed by atoms with Crippen LogP contribution in [0.5, 0.6) is 0 Å². The summed E-state index contributed by atoms with van der Waals surface area (Å²) in [7, 11) is -3.69. The number of anilines is 2. The third-order valence-electron chi connectivity index (χ3n) is 4.33. The number of aryl methyl sites for hydroxylation is 2. The lowest BCUT2D eigenvalue weighted by atomic mass is 10.1. The van der Waals surface area contributed by atoms with E-state index in [1.54, 1.807) is 35.2 Å². The van der Waals surface area contributed by atoms with Gasteiger partial charge in [-0.1, -0.05) is 15.9 Å². The second-order valence-corrected chi connectivity index (χ2v) is 8.72. The average Bonchev–Trinajstić information content (AvgIpc) is 2.95. The summed E-state index contributed by atoms with van der Waals surface area (Å²) in [5, 5.41) is 0. The summed E-state index contributed by atoms with van der Waals surface area (Å²) in [5.41, 5.74) is 4.12. The van der Waals surface area contributed by atoms with E-state index in [0.717, 1.165) is 26.9 Å². The number of hydrogen-bond donors (Lipinski definition) is 1. The van der Waals surface area contributed by atoms with Crippen LogP contribution in [-0.4, -0.2) is 20.9 Å². The summed E-state index contributed by atoms with van der Waals surface area (Å²) >= 11 is 3.48. The van der Waals surface area contributed by atoms with Gasteiger partial charge in [0, 0.05) is 29.3 Å². The minimum atomic E-state index is -3.69. The zero-order valence-electron chi connectivity index (χ0n) is 14.3. The molecular weight excluding hydrogens is 404 g/mol. The number of nitrogens with zero attached hydrogens (tertiary/aromatic N) is 1. The van der Waals surface area contributed by atoms with Gasteiger partial charge in [-0.05, 0) is 67.3 Å². The van der Waals surface area contributed by atoms with Gasteiger partial charge in [-0.2, -0.15) is 0 Å². The number of sulfonamides is 1. The first-order valence-electron chi connectivity index (χ1n) is 7.89. The van der Waals surface area contributed by atoms with Crippen molar-refractivity contribution < 1.29 is 13.2 Å². The molecule has 7 heteroatoms. The molecule has 0 atom stereocenters. The summed E-state index contributed by atoms with van der Waals surface area (Å²) in [6, 6.07) is 8.48. The first-order chi connectivity index (χ1) is 11.7. The summed E-state index contributed by atoms with van der Waals surface area (Å²) in [6.07, 6.45) is 0.661. The number of amides is 1. The van der Waals surface area contributed by atoms with Crippen LogP contribution in [0, 0.1) is 13.8 Å². The Morgan fingerprint density at radius 2 is 1.80 bits per heavy atom. The number of rotatable bonds is 3. The fourth-order valence-corrected chi connectivity index (χ4v) is 4.41. The van der Waals surface area contributed by atoms with Crippen molar-refractivity contribution in [2.75, 3.05) is 16.2 Å². The van der Waals surface area contributed by atoms with Crippen molar-refractivity contribution >= 4 is 43.2 Å². The molecule has 1 amide bonds. The Bertz CT molecular complexity index is 947. The number of carbonyl (C=O) groups excluding carboxylic acids is 1. The lowest BCUT2D eigenvalue weighted by Crippen LogP contribution is -2.25. The Labute approximate surface area is 156 Å². The van der Waals surface area contributed by atoms with Crippen LogP contribution in [0.1, 0.15) is 23.6 Å². The van der Waals surface area contributed by atoms with Crippen LogP contribution in [0.4, 0.5) is 11.4 Å². The molecule has 0 aliphatic carbocycles. The number of fused-ring (bicyclic) bond motifs is 1. The molecule has 0 unspecified atom stereocenters. The molecule has 1 N–H and O–H groups in total. The normalized spacial score (nSPS) is 13.7. The first kappa shape index (κ1) is 17.9. The standard InChI is InChI=1S/C18H19BrN2O3S/c1-11-8-15(9-12(2)18(11)19)20-25(23,24)16-4-5-17-14(10-16)6-7-21(17)13(3)22/h4-5,8-10,20H,6-7H2,1-3H3. The predicted octanol–water partition coefficient (Wildman–Crippen LogP) is 3.78. The molecule has 1 aliphatic heterocycles. The van der Waals surface area contributed by atoms with Gasteiger partial charge in [-0.15, -0.1) is 0 Å². The second-order valence-electron chi connectivity index (χ2n) is 6.24. The van der Waals surface area contributed by atoms with E-state index in [1.807, 2.05) is 13.8 Å². The molecule has 0 fully saturated rings. The minimum absolute atomic E-state index is 0.0340. The molecular formula is C18H19BrN2O3S. The highest BCUT2D eigenvalue weighted by Crippen LogP contribution is 2.31. The Morgan fingerprint density at radius 3 is 2.40 bits per heavy atom. The summed E-state index contributed by atoms with van der Waals surface area (Å²) in [6.45, 7) is 5.94. The van der Waals surface area contributed by atoms with Crippen LogP contribution >= 0.6 is 15.9 Å². The number of nitrogens with one attached hydrogen (secondary N) is 1. The zero-order valence-corrected chi connectivity index (χ0v) is 16.7. The molecule has 5 nitrogen and oxygen atoms in total. The van der Waals surface area contributed by atoms with E-state index in [1.165, 1.54) is 6.92 Å². The van der Waals surface area contributed by atoms with E-state index in [-0.39, 0.29) is 10.8 Å². The molecule has 1 aliphatic rings. The molecule has 1 heterocycles. The topological polar surface area (TPSA) is 66.5 Å². The molecule has 0 aromatic heterocycles. The van der Waals surface area contributed by atoms with Gasteiger partial charge >= 0.3 is 0 Å². The zero-order chi connectivity index (χ0) is 18.4. The van der Waals surface area contributed by atoms with Crippen molar-refractivity contribution in [3.63, 3.8) is 0 Å². The number of carbonyl (C=O) groups is 1. The Kier molecular flexibility index (Phi) is 4.64. The molecule has 25 heavy (non-hydrogen) atoms. The maximum Gasteiger partial charge on any atom is 0.261 e. The predicted molar refractivity (Wildman–Crippen MR) is 103 cm³/mol. The first-order valence-corrected chi connectivity index (χ1v) is 10.2. The largest absolute Gasteiger partial charge is 0.312 e. The van der Waals surface area contributed by atoms with Crippen LogP contribution in [-0.2, 0) is 21.2 Å². The highest BCUT2D eigenvalue weighted by atomic mass is 79.9. The monoisotopic (exact) mass is 422 g/mol. The SMILES string of the molecule is CC(=O)N1CCc2cc(S(=O)(=O)Nc3cc(C)c(Br)c(C)c3)ccc21. The number of benzene rings is 2. The van der Waals surface area contributed by atoms with Crippen LogP contribution in [0.3, 0.4) is 0 Å². The molecule has 2 aromatic carbocycles. The second kappa shape index (κ2) is 6.46. The van der Waals surface area contributed by atoms with Crippen molar-refractivity contribution in [2.24, 2.45) is 0 Å². The van der Waals surface area contributed by atoms with Gasteiger partial charge < -0.3 is 4.90 Å². The highest BCUT2D eigenvalue weighted by Gasteiger charge is 2.25. The van der Waals surface area contributed by atoms with Crippen LogP contribution in [0.25, 0.3) is 0 Å². The van der Waals surface area contributed by atoms with Crippen LogP contribution < -0.4 is 9.62 Å². The van der Waals surface area contributed by atoms with Crippen LogP contribution in [0.2, 0.25) is 0 Å². The number of hydrogen-bond acceptors (Lipinski definition) is 3. The summed E-state index contributed by atoms with van der Waals surface area (Å²) in [4.78, 5) is 13.5. The van der Waals surface area contributed by atoms with Gasteiger partial charge in [0.1, 0.15) is 0 Å². The van der Waals surface area contributed by atoms with Gasteiger partial charge in [0.15, 0.2) is 0 Å². The maximum absolute atomic E-state index is 12.7. The van der Waals surface area contributed by atoms with Crippen molar-refractivity contribution in [2.45, 2.75) is 32.1 Å². The fourth-order valence-electron chi connectivity index (χ4n) is 3.09. The summed E-state index contributed by atoms with van der Waals surface area (Å²) in [5.74, 6) is -0.0340. The van der Waals surface area contributed by atoms with E-state index in [2.05, 4.69) is 20.7 Å². The van der Waals surface area contributed by atoms with Crippen molar-refractivity contribution in [3.05, 3.63) is 51.5 Å². The smallest absolute Gasteiger partial charge is 0.261 e. The molecule has 0 radical (unpaired) electrons. The molecule has 0 saturated heterocycles. The highest BCUT2D eigenvalue weighted by molar-refractivity contribution is 9.10. The van der Waals surface area contributed by atoms with E-state index < -0.39 is 10.0 Å². The fraction of sp³-hybridized carbons (Fsp3) is 0.278. The van der Waals surface area contributed by atoms with Crippen molar-refractivity contribution in [3.8, 4) is 0 Å². The maximum atomic E-state index is 12.7. The van der Waals surface area contributed by atoms with E-state index in [4.69, 9.17) is 0 Å². The van der Waals surface area contributed by atoms with Gasteiger partial charge in [0.25, 0.3) is 10.0 Å². The third kappa shape index (κ3) is 3.43. The van der Waals surface area contributed by atoms with E-state index in [9.17, 15) is 13.2 Å². The van der Waals surface area contributed by atoms with Gasteiger partial charge in [0.05, 0.1) is 4.90 Å². The Morgan fingerprint density at radius 1 is 1.16 bits per heavy atom. The van der Waals surface area contributed by atoms with Crippen molar-refractivity contribution in [1.82, 2.24) is 0 Å². The van der Waals surface area contributed by atoms with E-state index >= 15 is 0 Å². The average molecular weight is 423 g/mol. The number of halogens is 1. The molecule has 132 valence electrons. The van der Waals surface area contributed by atoms with Gasteiger partial charge in [-0.3, -0.25) is 9.52 Å². The molecule has 2 aromatic rings.